The van der Waals surface area contributed by atoms with Crippen molar-refractivity contribution in [3.63, 3.8) is 0 Å². The predicted octanol–water partition coefficient (Wildman–Crippen LogP) is 2.37. The lowest BCUT2D eigenvalue weighted by Gasteiger charge is -2.37. The third-order valence-corrected chi connectivity index (χ3v) is 4.64. The molecule has 0 amide bonds. The van der Waals surface area contributed by atoms with Gasteiger partial charge in [0.15, 0.2) is 0 Å². The second kappa shape index (κ2) is 7.41. The van der Waals surface area contributed by atoms with E-state index in [2.05, 4.69) is 26.1 Å². The first kappa shape index (κ1) is 15.8. The molecule has 4 atom stereocenters. The first-order valence-corrected chi connectivity index (χ1v) is 8.08. The Labute approximate surface area is 122 Å². The van der Waals surface area contributed by atoms with Crippen LogP contribution in [-0.4, -0.2) is 37.9 Å². The van der Waals surface area contributed by atoms with Crippen LogP contribution in [0.4, 0.5) is 0 Å². The molecule has 116 valence electrons. The maximum Gasteiger partial charge on any atom is 0.308 e. The highest BCUT2D eigenvalue weighted by Gasteiger charge is 2.33. The SMILES string of the molecule is CC1CCC(C(C)C)C(OC(=O)CC2CNCCO2)C1. The molecule has 0 aromatic rings. The van der Waals surface area contributed by atoms with Gasteiger partial charge >= 0.3 is 5.97 Å². The molecule has 4 heteroatoms. The zero-order chi connectivity index (χ0) is 14.5. The molecule has 0 aromatic heterocycles. The first-order chi connectivity index (χ1) is 9.56. The molecule has 1 saturated carbocycles. The largest absolute Gasteiger partial charge is 0.462 e. The van der Waals surface area contributed by atoms with Crippen LogP contribution in [0.2, 0.25) is 0 Å². The van der Waals surface area contributed by atoms with Gasteiger partial charge in [0.2, 0.25) is 0 Å². The van der Waals surface area contributed by atoms with Crippen LogP contribution in [0.15, 0.2) is 0 Å². The molecular weight excluding hydrogens is 254 g/mol. The molecule has 0 radical (unpaired) electrons. The summed E-state index contributed by atoms with van der Waals surface area (Å²) in [6.45, 7) is 9.04. The van der Waals surface area contributed by atoms with Crippen molar-refractivity contribution in [2.75, 3.05) is 19.7 Å². The molecule has 1 aliphatic heterocycles. The number of esters is 1. The molecule has 20 heavy (non-hydrogen) atoms. The van der Waals surface area contributed by atoms with E-state index in [9.17, 15) is 4.79 Å². The van der Waals surface area contributed by atoms with Gasteiger partial charge in [-0.3, -0.25) is 4.79 Å². The van der Waals surface area contributed by atoms with Crippen molar-refractivity contribution in [3.05, 3.63) is 0 Å². The summed E-state index contributed by atoms with van der Waals surface area (Å²) in [5.74, 6) is 1.66. The number of hydrogen-bond acceptors (Lipinski definition) is 4. The second-order valence-electron chi connectivity index (χ2n) is 6.76. The van der Waals surface area contributed by atoms with Crippen molar-refractivity contribution in [1.29, 1.82) is 0 Å². The Bertz CT molecular complexity index is 313. The zero-order valence-electron chi connectivity index (χ0n) is 13.1. The molecule has 0 spiro atoms. The molecule has 0 bridgehead atoms. The average Bonchev–Trinajstić information content (AvgIpc) is 2.39. The monoisotopic (exact) mass is 283 g/mol. The van der Waals surface area contributed by atoms with E-state index in [4.69, 9.17) is 9.47 Å². The van der Waals surface area contributed by atoms with Crippen LogP contribution >= 0.6 is 0 Å². The fraction of sp³-hybridized carbons (Fsp3) is 0.938. The average molecular weight is 283 g/mol. The number of carbonyl (C=O) groups excluding carboxylic acids is 1. The second-order valence-corrected chi connectivity index (χ2v) is 6.76. The van der Waals surface area contributed by atoms with Crippen molar-refractivity contribution in [2.45, 2.75) is 58.7 Å². The number of hydrogen-bond donors (Lipinski definition) is 1. The van der Waals surface area contributed by atoms with E-state index in [0.29, 0.717) is 30.8 Å². The molecule has 2 aliphatic rings. The number of nitrogens with one attached hydrogen (secondary N) is 1. The molecule has 1 aliphatic carbocycles. The lowest BCUT2D eigenvalue weighted by molar-refractivity contribution is -0.159. The van der Waals surface area contributed by atoms with Crippen molar-refractivity contribution < 1.29 is 14.3 Å². The van der Waals surface area contributed by atoms with Crippen LogP contribution in [-0.2, 0) is 14.3 Å². The standard InChI is InChI=1S/C16H29NO3/c1-11(2)14-5-4-12(3)8-15(14)20-16(18)9-13-10-17-6-7-19-13/h11-15,17H,4-10H2,1-3H3. The van der Waals surface area contributed by atoms with Gasteiger partial charge in [-0.2, -0.15) is 0 Å². The van der Waals surface area contributed by atoms with Gasteiger partial charge in [-0.05, 0) is 30.6 Å². The van der Waals surface area contributed by atoms with Gasteiger partial charge in [0.1, 0.15) is 6.10 Å². The highest BCUT2D eigenvalue weighted by Crippen LogP contribution is 2.35. The summed E-state index contributed by atoms with van der Waals surface area (Å²) >= 11 is 0. The Morgan fingerprint density at radius 2 is 2.20 bits per heavy atom. The molecule has 1 heterocycles. The van der Waals surface area contributed by atoms with E-state index in [1.165, 1.54) is 12.8 Å². The minimum absolute atomic E-state index is 0.0187. The lowest BCUT2D eigenvalue weighted by atomic mass is 9.75. The third-order valence-electron chi connectivity index (χ3n) is 4.64. The number of morpholine rings is 1. The van der Waals surface area contributed by atoms with E-state index < -0.39 is 0 Å². The Kier molecular flexibility index (Phi) is 5.85. The molecule has 1 N–H and O–H groups in total. The normalized spacial score (nSPS) is 35.0. The summed E-state index contributed by atoms with van der Waals surface area (Å²) in [4.78, 5) is 12.1. The van der Waals surface area contributed by atoms with Gasteiger partial charge in [-0.25, -0.2) is 0 Å². The number of carbonyl (C=O) groups is 1. The van der Waals surface area contributed by atoms with E-state index in [1.54, 1.807) is 0 Å². The van der Waals surface area contributed by atoms with Crippen LogP contribution in [0.5, 0.6) is 0 Å². The summed E-state index contributed by atoms with van der Waals surface area (Å²) in [5, 5.41) is 3.25. The molecular formula is C16H29NO3. The molecule has 2 fully saturated rings. The smallest absolute Gasteiger partial charge is 0.308 e. The van der Waals surface area contributed by atoms with Gasteiger partial charge < -0.3 is 14.8 Å². The van der Waals surface area contributed by atoms with E-state index in [0.717, 1.165) is 19.5 Å². The summed E-state index contributed by atoms with van der Waals surface area (Å²) in [7, 11) is 0. The van der Waals surface area contributed by atoms with Crippen molar-refractivity contribution >= 4 is 5.97 Å². The van der Waals surface area contributed by atoms with Crippen LogP contribution in [0.1, 0.15) is 46.5 Å². The topological polar surface area (TPSA) is 47.6 Å². The van der Waals surface area contributed by atoms with Crippen molar-refractivity contribution in [1.82, 2.24) is 5.32 Å². The molecule has 4 unspecified atom stereocenters. The molecule has 2 rings (SSSR count). The van der Waals surface area contributed by atoms with Crippen LogP contribution in [0.25, 0.3) is 0 Å². The Balaban J connectivity index is 1.83. The molecule has 0 aromatic carbocycles. The molecule has 4 nitrogen and oxygen atoms in total. The third kappa shape index (κ3) is 4.45. The maximum atomic E-state index is 12.1. The molecule has 1 saturated heterocycles. The van der Waals surface area contributed by atoms with Gasteiger partial charge in [-0.15, -0.1) is 0 Å². The minimum Gasteiger partial charge on any atom is -0.462 e. The number of rotatable bonds is 4. The Morgan fingerprint density at radius 3 is 2.85 bits per heavy atom. The van der Waals surface area contributed by atoms with Crippen LogP contribution in [0, 0.1) is 17.8 Å². The maximum absolute atomic E-state index is 12.1. The first-order valence-electron chi connectivity index (χ1n) is 8.08. The summed E-state index contributed by atoms with van der Waals surface area (Å²) < 4.78 is 11.4. The summed E-state index contributed by atoms with van der Waals surface area (Å²) in [5.41, 5.74) is 0. The van der Waals surface area contributed by atoms with Crippen LogP contribution in [0.3, 0.4) is 0 Å². The Hall–Kier alpha value is -0.610. The summed E-state index contributed by atoms with van der Waals surface area (Å²) in [6, 6.07) is 0. The number of ether oxygens (including phenoxy) is 2. The highest BCUT2D eigenvalue weighted by atomic mass is 16.5. The van der Waals surface area contributed by atoms with Gasteiger partial charge in [0, 0.05) is 13.1 Å². The van der Waals surface area contributed by atoms with Crippen molar-refractivity contribution in [3.8, 4) is 0 Å². The van der Waals surface area contributed by atoms with E-state index >= 15 is 0 Å². The fourth-order valence-corrected chi connectivity index (χ4v) is 3.40. The predicted molar refractivity (Wildman–Crippen MR) is 78.4 cm³/mol. The van der Waals surface area contributed by atoms with Gasteiger partial charge in [-0.1, -0.05) is 27.2 Å². The highest BCUT2D eigenvalue weighted by molar-refractivity contribution is 5.70. The van der Waals surface area contributed by atoms with E-state index in [-0.39, 0.29) is 18.2 Å². The summed E-state index contributed by atoms with van der Waals surface area (Å²) in [6.07, 6.45) is 3.91. The van der Waals surface area contributed by atoms with Crippen molar-refractivity contribution in [2.24, 2.45) is 17.8 Å². The van der Waals surface area contributed by atoms with Crippen LogP contribution < -0.4 is 5.32 Å². The minimum atomic E-state index is -0.0940. The van der Waals surface area contributed by atoms with Gasteiger partial charge in [0.25, 0.3) is 0 Å². The Morgan fingerprint density at radius 1 is 1.40 bits per heavy atom. The van der Waals surface area contributed by atoms with Gasteiger partial charge in [0.05, 0.1) is 19.1 Å². The van der Waals surface area contributed by atoms with E-state index in [1.807, 2.05) is 0 Å². The fourth-order valence-electron chi connectivity index (χ4n) is 3.40. The lowest BCUT2D eigenvalue weighted by Crippen LogP contribution is -2.41. The zero-order valence-corrected chi connectivity index (χ0v) is 13.1. The quantitative estimate of drug-likeness (QED) is 0.805.